The predicted octanol–water partition coefficient (Wildman–Crippen LogP) is 4.04. The van der Waals surface area contributed by atoms with Gasteiger partial charge in [0.15, 0.2) is 5.78 Å². The molecule has 1 amide bonds. The van der Waals surface area contributed by atoms with Crippen LogP contribution in [0.5, 0.6) is 0 Å². The zero-order valence-electron chi connectivity index (χ0n) is 17.5. The first-order valence-electron chi connectivity index (χ1n) is 9.81. The molecule has 0 atom stereocenters. The van der Waals surface area contributed by atoms with Gasteiger partial charge in [0.05, 0.1) is 6.54 Å². The van der Waals surface area contributed by atoms with Crippen LogP contribution >= 0.6 is 0 Å². The number of Topliss-reactive ketones (excluding diaryl/α,β-unsaturated/α-hetero) is 1. The largest absolute Gasteiger partial charge is 0.444 e. The van der Waals surface area contributed by atoms with Gasteiger partial charge >= 0.3 is 6.09 Å². The van der Waals surface area contributed by atoms with Crippen LogP contribution in [-0.4, -0.2) is 28.4 Å². The van der Waals surface area contributed by atoms with Crippen molar-refractivity contribution in [3.63, 3.8) is 0 Å². The van der Waals surface area contributed by atoms with E-state index in [-0.39, 0.29) is 12.4 Å². The summed E-state index contributed by atoms with van der Waals surface area (Å²) < 4.78 is 5.14. The first-order chi connectivity index (χ1) is 15.0. The van der Waals surface area contributed by atoms with E-state index in [2.05, 4.69) is 20.6 Å². The summed E-state index contributed by atoms with van der Waals surface area (Å²) >= 11 is 0. The highest BCUT2D eigenvalue weighted by molar-refractivity contribution is 6.23. The summed E-state index contributed by atoms with van der Waals surface area (Å²) in [5.74, 6) is 0.128. The highest BCUT2D eigenvalue weighted by atomic mass is 16.5. The lowest BCUT2D eigenvalue weighted by Gasteiger charge is -2.09. The van der Waals surface area contributed by atoms with Crippen LogP contribution in [0.1, 0.15) is 22.4 Å². The number of amides is 1. The SMILES string of the molecule is Cc1ccc(COC(=O)Nc2ccccc2C)cn1.O=C1CNC=C1c1cccnc1. The molecule has 0 spiro atoms. The van der Waals surface area contributed by atoms with Crippen molar-refractivity contribution in [3.8, 4) is 0 Å². The molecule has 4 rings (SSSR count). The van der Waals surface area contributed by atoms with E-state index in [9.17, 15) is 9.59 Å². The minimum absolute atomic E-state index is 0.128. The van der Waals surface area contributed by atoms with Crippen LogP contribution < -0.4 is 10.6 Å². The van der Waals surface area contributed by atoms with Crippen LogP contribution in [0, 0.1) is 13.8 Å². The van der Waals surface area contributed by atoms with Crippen molar-refractivity contribution in [2.75, 3.05) is 11.9 Å². The number of carbonyl (C=O) groups excluding carboxylic acids is 2. The van der Waals surface area contributed by atoms with Crippen LogP contribution in [0.15, 0.2) is 73.3 Å². The molecule has 7 heteroatoms. The molecule has 158 valence electrons. The maximum absolute atomic E-state index is 11.7. The Hall–Kier alpha value is -4.00. The van der Waals surface area contributed by atoms with Crippen molar-refractivity contribution in [2.24, 2.45) is 0 Å². The van der Waals surface area contributed by atoms with Crippen LogP contribution in [0.25, 0.3) is 5.57 Å². The number of hydrogen-bond donors (Lipinski definition) is 2. The minimum atomic E-state index is -0.463. The highest BCUT2D eigenvalue weighted by Crippen LogP contribution is 2.16. The average Bonchev–Trinajstić information content (AvgIpc) is 3.22. The Morgan fingerprint density at radius 2 is 1.94 bits per heavy atom. The molecule has 2 N–H and O–H groups in total. The molecule has 1 aliphatic heterocycles. The average molecular weight is 416 g/mol. The number of ketones is 1. The zero-order valence-corrected chi connectivity index (χ0v) is 17.5. The second-order valence-electron chi connectivity index (χ2n) is 6.93. The third-order valence-corrected chi connectivity index (χ3v) is 4.51. The van der Waals surface area contributed by atoms with E-state index in [1.54, 1.807) is 24.8 Å². The predicted molar refractivity (Wildman–Crippen MR) is 119 cm³/mol. The van der Waals surface area contributed by atoms with Gasteiger partial charge < -0.3 is 10.1 Å². The molecule has 1 aromatic carbocycles. The fraction of sp³-hybridized carbons (Fsp3) is 0.167. The maximum Gasteiger partial charge on any atom is 0.411 e. The van der Waals surface area contributed by atoms with E-state index in [4.69, 9.17) is 4.74 Å². The fourth-order valence-electron chi connectivity index (χ4n) is 2.78. The lowest BCUT2D eigenvalue weighted by molar-refractivity contribution is -0.112. The number of aryl methyl sites for hydroxylation is 2. The number of rotatable bonds is 4. The fourth-order valence-corrected chi connectivity index (χ4v) is 2.78. The molecular weight excluding hydrogens is 392 g/mol. The highest BCUT2D eigenvalue weighted by Gasteiger charge is 2.15. The van der Waals surface area contributed by atoms with Gasteiger partial charge in [0.25, 0.3) is 0 Å². The van der Waals surface area contributed by atoms with E-state index in [1.165, 1.54) is 0 Å². The molecule has 31 heavy (non-hydrogen) atoms. The van der Waals surface area contributed by atoms with E-state index >= 15 is 0 Å². The normalized spacial score (nSPS) is 12.2. The van der Waals surface area contributed by atoms with Gasteiger partial charge in [-0.25, -0.2) is 4.79 Å². The molecule has 0 saturated carbocycles. The van der Waals surface area contributed by atoms with Gasteiger partial charge in [0.1, 0.15) is 6.61 Å². The summed E-state index contributed by atoms with van der Waals surface area (Å²) in [6, 6.07) is 15.0. The Bertz CT molecular complexity index is 1060. The molecule has 7 nitrogen and oxygen atoms in total. The first-order valence-corrected chi connectivity index (χ1v) is 9.81. The molecule has 0 radical (unpaired) electrons. The number of para-hydroxylation sites is 1. The number of nitrogens with one attached hydrogen (secondary N) is 2. The number of anilines is 1. The van der Waals surface area contributed by atoms with Crippen LogP contribution in [-0.2, 0) is 16.1 Å². The lowest BCUT2D eigenvalue weighted by atomic mass is 10.1. The van der Waals surface area contributed by atoms with Crippen LogP contribution in [0.3, 0.4) is 0 Å². The van der Waals surface area contributed by atoms with Gasteiger partial charge in [-0.15, -0.1) is 0 Å². The maximum atomic E-state index is 11.7. The van der Waals surface area contributed by atoms with Crippen molar-refractivity contribution in [1.29, 1.82) is 0 Å². The van der Waals surface area contributed by atoms with Gasteiger partial charge in [0.2, 0.25) is 0 Å². The second kappa shape index (κ2) is 10.7. The van der Waals surface area contributed by atoms with Gasteiger partial charge in [-0.3, -0.25) is 20.1 Å². The molecule has 0 aliphatic carbocycles. The van der Waals surface area contributed by atoms with E-state index in [1.807, 2.05) is 62.4 Å². The lowest BCUT2D eigenvalue weighted by Crippen LogP contribution is -2.14. The molecule has 0 saturated heterocycles. The Kier molecular flexibility index (Phi) is 7.48. The summed E-state index contributed by atoms with van der Waals surface area (Å²) in [4.78, 5) is 31.0. The summed E-state index contributed by atoms with van der Waals surface area (Å²) in [5, 5.41) is 5.59. The number of ether oxygens (including phenoxy) is 1. The number of nitrogens with zero attached hydrogens (tertiary/aromatic N) is 2. The van der Waals surface area contributed by atoms with Gasteiger partial charge in [-0.1, -0.05) is 30.3 Å². The van der Waals surface area contributed by atoms with Gasteiger partial charge in [-0.05, 0) is 37.6 Å². The Morgan fingerprint density at radius 3 is 2.58 bits per heavy atom. The molecule has 0 bridgehead atoms. The molecular formula is C24H24N4O3. The summed E-state index contributed by atoms with van der Waals surface area (Å²) in [6.45, 7) is 4.46. The Balaban J connectivity index is 0.000000194. The monoisotopic (exact) mass is 416 g/mol. The molecule has 2 aromatic heterocycles. The van der Waals surface area contributed by atoms with Crippen LogP contribution in [0.2, 0.25) is 0 Å². The summed E-state index contributed by atoms with van der Waals surface area (Å²) in [5.41, 5.74) is 5.17. The quantitative estimate of drug-likeness (QED) is 0.667. The van der Waals surface area contributed by atoms with Crippen molar-refractivity contribution < 1.29 is 14.3 Å². The smallest absolute Gasteiger partial charge is 0.411 e. The number of carbonyl (C=O) groups is 2. The van der Waals surface area contributed by atoms with E-state index in [0.717, 1.165) is 33.6 Å². The summed E-state index contributed by atoms with van der Waals surface area (Å²) in [6.07, 6.45) is 6.36. The molecule has 1 aliphatic rings. The van der Waals surface area contributed by atoms with Gasteiger partial charge in [-0.2, -0.15) is 0 Å². The zero-order chi connectivity index (χ0) is 22.1. The molecule has 3 aromatic rings. The van der Waals surface area contributed by atoms with Crippen molar-refractivity contribution in [1.82, 2.24) is 15.3 Å². The third-order valence-electron chi connectivity index (χ3n) is 4.51. The summed E-state index contributed by atoms with van der Waals surface area (Å²) in [7, 11) is 0. The topological polar surface area (TPSA) is 93.2 Å². The van der Waals surface area contributed by atoms with E-state index in [0.29, 0.717) is 6.54 Å². The second-order valence-corrected chi connectivity index (χ2v) is 6.93. The van der Waals surface area contributed by atoms with Crippen molar-refractivity contribution in [3.05, 3.63) is 95.7 Å². The molecule has 0 fully saturated rings. The number of pyridine rings is 2. The van der Waals surface area contributed by atoms with Gasteiger partial charge in [0, 0.05) is 52.9 Å². The van der Waals surface area contributed by atoms with Crippen molar-refractivity contribution in [2.45, 2.75) is 20.5 Å². The standard InChI is InChI=1S/C15H16N2O2.C9H8N2O/c1-11-5-3-4-6-14(11)17-15(18)19-10-13-8-7-12(2)16-9-13;12-9-6-11-5-8(9)7-2-1-3-10-4-7/h3-9H,10H2,1-2H3,(H,17,18);1-5,11H,6H2. The molecule has 3 heterocycles. The van der Waals surface area contributed by atoms with Crippen molar-refractivity contribution >= 4 is 23.1 Å². The minimum Gasteiger partial charge on any atom is -0.444 e. The number of hydrogen-bond acceptors (Lipinski definition) is 6. The third kappa shape index (κ3) is 6.50. The Morgan fingerprint density at radius 1 is 1.10 bits per heavy atom. The first kappa shape index (κ1) is 21.7. The Labute approximate surface area is 181 Å². The van der Waals surface area contributed by atoms with E-state index < -0.39 is 6.09 Å². The number of benzene rings is 1. The number of aromatic nitrogens is 2. The molecule has 0 unspecified atom stereocenters. The van der Waals surface area contributed by atoms with Crippen LogP contribution in [0.4, 0.5) is 10.5 Å².